The van der Waals surface area contributed by atoms with Gasteiger partial charge in [0.05, 0.1) is 12.6 Å². The van der Waals surface area contributed by atoms with E-state index in [1.807, 2.05) is 25.6 Å². The average Bonchev–Trinajstić information content (AvgIpc) is 2.73. The van der Waals surface area contributed by atoms with Gasteiger partial charge in [-0.25, -0.2) is 0 Å². The van der Waals surface area contributed by atoms with Gasteiger partial charge < -0.3 is 14.6 Å². The largest absolute Gasteiger partial charge is 0.390 e. The molecular weight excluding hydrogens is 268 g/mol. The minimum absolute atomic E-state index is 0.326. The molecule has 0 aromatic carbocycles. The third-order valence-electron chi connectivity index (χ3n) is 4.18. The van der Waals surface area contributed by atoms with Crippen LogP contribution in [-0.2, 0) is 13.6 Å². The Bertz CT molecular complexity index is 441. The second-order valence-electron chi connectivity index (χ2n) is 6.18. The van der Waals surface area contributed by atoms with Gasteiger partial charge in [0.1, 0.15) is 11.6 Å². The van der Waals surface area contributed by atoms with Gasteiger partial charge in [-0.1, -0.05) is 0 Å². The fourth-order valence-corrected chi connectivity index (χ4v) is 2.64. The van der Waals surface area contributed by atoms with Gasteiger partial charge in [0, 0.05) is 46.3 Å². The first-order chi connectivity index (χ1) is 9.95. The highest BCUT2D eigenvalue weighted by atomic mass is 16.3. The molecule has 1 aromatic rings. The van der Waals surface area contributed by atoms with Crippen LogP contribution in [0, 0.1) is 6.92 Å². The predicted octanol–water partition coefficient (Wildman–Crippen LogP) is -0.836. The van der Waals surface area contributed by atoms with Gasteiger partial charge in [-0.2, -0.15) is 0 Å². The number of piperazine rings is 1. The SMILES string of the molecule is Cc1nnc(CN(C)CC(O)CN2CCN(C)CC2)n1C. The summed E-state index contributed by atoms with van der Waals surface area (Å²) in [5.41, 5.74) is 0. The lowest BCUT2D eigenvalue weighted by molar-refractivity contribution is 0.0587. The summed E-state index contributed by atoms with van der Waals surface area (Å²) in [7, 11) is 6.13. The highest BCUT2D eigenvalue weighted by Crippen LogP contribution is 2.04. The van der Waals surface area contributed by atoms with E-state index in [9.17, 15) is 5.11 Å². The Kier molecular flexibility index (Phi) is 5.69. The number of likely N-dealkylation sites (N-methyl/N-ethyl adjacent to an activating group) is 2. The van der Waals surface area contributed by atoms with E-state index in [1.165, 1.54) is 0 Å². The molecule has 0 spiro atoms. The first-order valence-corrected chi connectivity index (χ1v) is 7.58. The van der Waals surface area contributed by atoms with Gasteiger partial charge >= 0.3 is 0 Å². The summed E-state index contributed by atoms with van der Waals surface area (Å²) in [6.45, 7) is 8.30. The molecule has 1 aliphatic rings. The van der Waals surface area contributed by atoms with Gasteiger partial charge in [0.15, 0.2) is 0 Å². The molecule has 1 fully saturated rings. The van der Waals surface area contributed by atoms with E-state index in [1.54, 1.807) is 0 Å². The van der Waals surface area contributed by atoms with E-state index in [0.29, 0.717) is 13.1 Å². The van der Waals surface area contributed by atoms with Crippen molar-refractivity contribution in [1.82, 2.24) is 29.5 Å². The lowest BCUT2D eigenvalue weighted by Crippen LogP contribution is -2.48. The molecule has 21 heavy (non-hydrogen) atoms. The minimum Gasteiger partial charge on any atom is -0.390 e. The number of rotatable bonds is 6. The maximum Gasteiger partial charge on any atom is 0.146 e. The van der Waals surface area contributed by atoms with Crippen molar-refractivity contribution in [2.45, 2.75) is 19.6 Å². The lowest BCUT2D eigenvalue weighted by atomic mass is 10.2. The maximum absolute atomic E-state index is 10.3. The molecule has 1 unspecified atom stereocenters. The predicted molar refractivity (Wildman–Crippen MR) is 82.0 cm³/mol. The molecule has 1 N–H and O–H groups in total. The fraction of sp³-hybridized carbons (Fsp3) is 0.857. The van der Waals surface area contributed by atoms with E-state index >= 15 is 0 Å². The molecule has 2 heterocycles. The van der Waals surface area contributed by atoms with Crippen molar-refractivity contribution < 1.29 is 5.11 Å². The van der Waals surface area contributed by atoms with Crippen molar-refractivity contribution in [2.24, 2.45) is 7.05 Å². The van der Waals surface area contributed by atoms with Crippen LogP contribution in [0.25, 0.3) is 0 Å². The molecule has 1 aromatic heterocycles. The van der Waals surface area contributed by atoms with Crippen LogP contribution >= 0.6 is 0 Å². The van der Waals surface area contributed by atoms with Gasteiger partial charge in [0.25, 0.3) is 0 Å². The molecule has 0 bridgehead atoms. The van der Waals surface area contributed by atoms with E-state index < -0.39 is 0 Å². The molecule has 1 saturated heterocycles. The van der Waals surface area contributed by atoms with Crippen LogP contribution in [0.4, 0.5) is 0 Å². The molecule has 7 nitrogen and oxygen atoms in total. The number of β-amino-alcohol motifs (C(OH)–C–C–N with tert-alkyl or cyclic N) is 1. The van der Waals surface area contributed by atoms with Crippen molar-refractivity contribution in [3.8, 4) is 0 Å². The molecule has 0 radical (unpaired) electrons. The summed E-state index contributed by atoms with van der Waals surface area (Å²) < 4.78 is 1.99. The number of aliphatic hydroxyl groups excluding tert-OH is 1. The molecule has 0 saturated carbocycles. The Morgan fingerprint density at radius 1 is 1.19 bits per heavy atom. The second-order valence-corrected chi connectivity index (χ2v) is 6.18. The van der Waals surface area contributed by atoms with Crippen LogP contribution in [0.3, 0.4) is 0 Å². The first kappa shape index (κ1) is 16.4. The number of nitrogens with zero attached hydrogens (tertiary/aromatic N) is 6. The van der Waals surface area contributed by atoms with Crippen molar-refractivity contribution in [3.63, 3.8) is 0 Å². The molecule has 1 aliphatic heterocycles. The number of aryl methyl sites for hydroxylation is 1. The van der Waals surface area contributed by atoms with Crippen molar-refractivity contribution in [3.05, 3.63) is 11.6 Å². The van der Waals surface area contributed by atoms with E-state index in [4.69, 9.17) is 0 Å². The van der Waals surface area contributed by atoms with Crippen molar-refractivity contribution >= 4 is 0 Å². The monoisotopic (exact) mass is 296 g/mol. The zero-order valence-electron chi connectivity index (χ0n) is 13.7. The third kappa shape index (κ3) is 4.74. The van der Waals surface area contributed by atoms with Crippen LogP contribution in [0.1, 0.15) is 11.6 Å². The number of aliphatic hydroxyl groups is 1. The van der Waals surface area contributed by atoms with Gasteiger partial charge in [0.2, 0.25) is 0 Å². The molecule has 0 aliphatic carbocycles. The Morgan fingerprint density at radius 2 is 1.86 bits per heavy atom. The lowest BCUT2D eigenvalue weighted by Gasteiger charge is -2.34. The Morgan fingerprint density at radius 3 is 2.43 bits per heavy atom. The zero-order chi connectivity index (χ0) is 15.4. The van der Waals surface area contributed by atoms with E-state index in [0.717, 1.165) is 44.4 Å². The highest BCUT2D eigenvalue weighted by Gasteiger charge is 2.18. The van der Waals surface area contributed by atoms with Gasteiger partial charge in [-0.3, -0.25) is 9.80 Å². The van der Waals surface area contributed by atoms with Gasteiger partial charge in [-0.05, 0) is 21.0 Å². The van der Waals surface area contributed by atoms with Crippen LogP contribution in [-0.4, -0.2) is 94.0 Å². The normalized spacial score (nSPS) is 19.3. The summed E-state index contributed by atoms with van der Waals surface area (Å²) in [6, 6.07) is 0. The third-order valence-corrected chi connectivity index (χ3v) is 4.18. The van der Waals surface area contributed by atoms with Gasteiger partial charge in [-0.15, -0.1) is 10.2 Å². The summed E-state index contributed by atoms with van der Waals surface area (Å²) >= 11 is 0. The molecule has 2 rings (SSSR count). The van der Waals surface area contributed by atoms with Crippen LogP contribution in [0.15, 0.2) is 0 Å². The minimum atomic E-state index is -0.326. The standard InChI is InChI=1S/C14H28N6O/c1-12-15-16-14(19(12)4)11-18(3)9-13(21)10-20-7-5-17(2)6-8-20/h13,21H,5-11H2,1-4H3. The maximum atomic E-state index is 10.3. The number of hydrogen-bond acceptors (Lipinski definition) is 6. The van der Waals surface area contributed by atoms with Crippen LogP contribution in [0.2, 0.25) is 0 Å². The first-order valence-electron chi connectivity index (χ1n) is 7.58. The van der Waals surface area contributed by atoms with E-state index in [2.05, 4.69) is 31.9 Å². The zero-order valence-corrected chi connectivity index (χ0v) is 13.7. The number of aromatic nitrogens is 3. The summed E-state index contributed by atoms with van der Waals surface area (Å²) in [4.78, 5) is 6.76. The quantitative estimate of drug-likeness (QED) is 0.739. The second kappa shape index (κ2) is 7.31. The highest BCUT2D eigenvalue weighted by molar-refractivity contribution is 4.92. The van der Waals surface area contributed by atoms with E-state index in [-0.39, 0.29) is 6.10 Å². The van der Waals surface area contributed by atoms with Crippen molar-refractivity contribution in [1.29, 1.82) is 0 Å². The average molecular weight is 296 g/mol. The molecular formula is C14H28N6O. The Labute approximate surface area is 127 Å². The van der Waals surface area contributed by atoms with Crippen LogP contribution in [0.5, 0.6) is 0 Å². The molecule has 0 amide bonds. The summed E-state index contributed by atoms with van der Waals surface area (Å²) in [5, 5.41) is 18.5. The molecule has 7 heteroatoms. The topological polar surface area (TPSA) is 60.7 Å². The molecule has 120 valence electrons. The van der Waals surface area contributed by atoms with Crippen LogP contribution < -0.4 is 0 Å². The van der Waals surface area contributed by atoms with Crippen molar-refractivity contribution in [2.75, 3.05) is 53.4 Å². The summed E-state index contributed by atoms with van der Waals surface area (Å²) in [6.07, 6.45) is -0.326. The Balaban J connectivity index is 1.74. The smallest absolute Gasteiger partial charge is 0.146 e. The number of hydrogen-bond donors (Lipinski definition) is 1. The fourth-order valence-electron chi connectivity index (χ4n) is 2.64. The summed E-state index contributed by atoms with van der Waals surface area (Å²) in [5.74, 6) is 1.85. The molecule has 1 atom stereocenters. The Hall–Kier alpha value is -1.02.